The number of thiocarbonyl (C=S) groups is 1. The van der Waals surface area contributed by atoms with E-state index in [0.29, 0.717) is 5.69 Å². The molecule has 11 heteroatoms. The number of sulfonamides is 1. The van der Waals surface area contributed by atoms with Gasteiger partial charge in [-0.15, -0.1) is 0 Å². The van der Waals surface area contributed by atoms with Crippen molar-refractivity contribution in [3.05, 3.63) is 24.3 Å². The quantitative estimate of drug-likeness (QED) is 0.515. The summed E-state index contributed by atoms with van der Waals surface area (Å²) in [5.74, 6) is 4.08. The largest absolute Gasteiger partial charge is 0.399 e. The molecule has 1 rings (SSSR count). The zero-order valence-electron chi connectivity index (χ0n) is 8.72. The lowest BCUT2D eigenvalue weighted by molar-refractivity contribution is 0.597. The highest BCUT2D eigenvalue weighted by molar-refractivity contribution is 7.89. The summed E-state index contributed by atoms with van der Waals surface area (Å²) < 4.78 is 45.8. The molecule has 0 heterocycles. The van der Waals surface area contributed by atoms with E-state index in [0.717, 1.165) is 0 Å². The fourth-order valence-corrected chi connectivity index (χ4v) is 1.17. The molecule has 1 radical (unpaired) electrons. The second kappa shape index (κ2) is 13.9. The number of rotatable bonds is 1. The number of anilines is 1. The second-order valence-electron chi connectivity index (χ2n) is 2.18. The first kappa shape index (κ1) is 22.1. The van der Waals surface area contributed by atoms with Gasteiger partial charge < -0.3 is 5.73 Å². The molecule has 0 amide bonds. The van der Waals surface area contributed by atoms with Crippen LogP contribution in [0.5, 0.6) is 0 Å². The van der Waals surface area contributed by atoms with E-state index < -0.39 is 21.6 Å². The molecular formula is C7H9N2O5S4. The van der Waals surface area contributed by atoms with E-state index in [9.17, 15) is 8.42 Å². The highest BCUT2D eigenvalue weighted by atomic mass is 32.2. The van der Waals surface area contributed by atoms with Gasteiger partial charge in [-0.05, 0) is 24.3 Å². The first-order chi connectivity index (χ1) is 8.41. The highest BCUT2D eigenvalue weighted by Gasteiger charge is 2.04. The van der Waals surface area contributed by atoms with Crippen LogP contribution in [0.3, 0.4) is 0 Å². The van der Waals surface area contributed by atoms with Crippen molar-refractivity contribution in [2.45, 2.75) is 4.90 Å². The standard InChI is InChI=1S/C6H8N2O2S.CHS.O2S.OS/c7-5-1-3-6(4-2-5)11(8,9)10;1-2;1-3-2;1-2/h1-4H,7H2,(H2,8,9,10);1H;;. The molecular weight excluding hydrogens is 320 g/mol. The smallest absolute Gasteiger partial charge is 0.335 e. The van der Waals surface area contributed by atoms with Crippen molar-refractivity contribution >= 4 is 57.9 Å². The third-order valence-electron chi connectivity index (χ3n) is 1.21. The third kappa shape index (κ3) is 12.9. The van der Waals surface area contributed by atoms with Gasteiger partial charge in [-0.25, -0.2) is 13.6 Å². The molecule has 18 heavy (non-hydrogen) atoms. The highest BCUT2D eigenvalue weighted by Crippen LogP contribution is 2.08. The van der Waals surface area contributed by atoms with Crippen molar-refractivity contribution < 1.29 is 21.0 Å². The number of nitrogens with two attached hydrogens (primary N) is 2. The predicted molar refractivity (Wildman–Crippen MR) is 72.9 cm³/mol. The molecule has 0 saturated heterocycles. The van der Waals surface area contributed by atoms with Crippen molar-refractivity contribution in [3.8, 4) is 0 Å². The molecule has 1 aromatic rings. The minimum Gasteiger partial charge on any atom is -0.399 e. The summed E-state index contributed by atoms with van der Waals surface area (Å²) in [6.07, 6.45) is 0. The molecule has 101 valence electrons. The number of hydrogen-bond acceptors (Lipinski definition) is 8. The van der Waals surface area contributed by atoms with Crippen molar-refractivity contribution in [3.63, 3.8) is 0 Å². The molecule has 0 fully saturated rings. The van der Waals surface area contributed by atoms with Gasteiger partial charge in [0.05, 0.1) is 4.90 Å². The van der Waals surface area contributed by atoms with Crippen LogP contribution < -0.4 is 10.9 Å². The molecule has 0 unspecified atom stereocenters. The molecule has 0 spiro atoms. The molecule has 0 bridgehead atoms. The lowest BCUT2D eigenvalue weighted by atomic mass is 10.3. The monoisotopic (exact) mass is 329 g/mol. The van der Waals surface area contributed by atoms with Crippen molar-refractivity contribution in [1.82, 2.24) is 0 Å². The van der Waals surface area contributed by atoms with Crippen LogP contribution in [0.25, 0.3) is 0 Å². The normalized spacial score (nSPS) is 8.06. The summed E-state index contributed by atoms with van der Waals surface area (Å²) in [7, 11) is -3.58. The Kier molecular flexibility index (Phi) is 17.1. The zero-order chi connectivity index (χ0) is 15.2. The Bertz CT molecular complexity index is 453. The summed E-state index contributed by atoms with van der Waals surface area (Å²) in [6.45, 7) is 0. The van der Waals surface area contributed by atoms with Gasteiger partial charge in [0.2, 0.25) is 10.0 Å². The molecule has 4 N–H and O–H groups in total. The topological polar surface area (TPSA) is 137 Å². The predicted octanol–water partition coefficient (Wildman–Crippen LogP) is -0.597. The molecule has 1 aromatic carbocycles. The summed E-state index contributed by atoms with van der Waals surface area (Å²) in [5.41, 5.74) is 5.85. The van der Waals surface area contributed by atoms with Crippen LogP contribution in [0.4, 0.5) is 5.69 Å². The Morgan fingerprint density at radius 2 is 1.33 bits per heavy atom. The SMILES string of the molecule is Nc1ccc(S(N)(=O)=O)cc1.O=S.O=S=O.[CH]=S. The van der Waals surface area contributed by atoms with E-state index in [2.05, 4.69) is 30.6 Å². The molecule has 0 aliphatic heterocycles. The van der Waals surface area contributed by atoms with Crippen LogP contribution in [0.15, 0.2) is 29.2 Å². The van der Waals surface area contributed by atoms with Gasteiger partial charge in [0.15, 0.2) is 12.5 Å². The van der Waals surface area contributed by atoms with E-state index in [-0.39, 0.29) is 4.90 Å². The Morgan fingerprint density at radius 3 is 1.56 bits per heavy atom. The first-order valence-corrected chi connectivity index (χ1v) is 6.64. The number of nitrogen functional groups attached to an aromatic ring is 1. The van der Waals surface area contributed by atoms with E-state index in [4.69, 9.17) is 23.5 Å². The summed E-state index contributed by atoms with van der Waals surface area (Å²) in [5, 5.41) is 4.84. The molecule has 0 atom stereocenters. The summed E-state index contributed by atoms with van der Waals surface area (Å²) >= 11 is 5.67. The molecule has 0 aliphatic carbocycles. The lowest BCUT2D eigenvalue weighted by Gasteiger charge is -1.96. The molecule has 0 saturated carbocycles. The van der Waals surface area contributed by atoms with Gasteiger partial charge in [0.25, 0.3) is 0 Å². The van der Waals surface area contributed by atoms with Crippen LogP contribution in [0.2, 0.25) is 0 Å². The van der Waals surface area contributed by atoms with Crippen LogP contribution in [-0.4, -0.2) is 26.9 Å². The van der Waals surface area contributed by atoms with Crippen LogP contribution in [0, 0.1) is 0 Å². The lowest BCUT2D eigenvalue weighted by Crippen LogP contribution is -2.11. The minimum absolute atomic E-state index is 0.0756. The maximum Gasteiger partial charge on any atom is 0.335 e. The van der Waals surface area contributed by atoms with E-state index in [1.165, 1.54) is 24.3 Å². The van der Waals surface area contributed by atoms with E-state index >= 15 is 0 Å². The van der Waals surface area contributed by atoms with E-state index in [1.807, 2.05) is 0 Å². The first-order valence-electron chi connectivity index (χ1n) is 3.62. The fourth-order valence-electron chi connectivity index (χ4n) is 0.658. The van der Waals surface area contributed by atoms with Gasteiger partial charge in [0.1, 0.15) is 0 Å². The Morgan fingerprint density at radius 1 is 1.06 bits per heavy atom. The van der Waals surface area contributed by atoms with Gasteiger partial charge in [-0.3, -0.25) is 0 Å². The number of benzene rings is 1. The van der Waals surface area contributed by atoms with E-state index in [1.54, 1.807) is 0 Å². The Hall–Kier alpha value is -1.14. The molecule has 0 aliphatic rings. The minimum atomic E-state index is -3.58. The maximum absolute atomic E-state index is 10.7. The Labute approximate surface area is 119 Å². The second-order valence-corrected chi connectivity index (χ2v) is 3.88. The van der Waals surface area contributed by atoms with Crippen LogP contribution in [0.1, 0.15) is 0 Å². The summed E-state index contributed by atoms with van der Waals surface area (Å²) in [6, 6.07) is 5.70. The van der Waals surface area contributed by atoms with Crippen LogP contribution in [-0.2, 0) is 34.1 Å². The summed E-state index contributed by atoms with van der Waals surface area (Å²) in [4.78, 5) is 0.0756. The van der Waals surface area contributed by atoms with Gasteiger partial charge in [-0.1, -0.05) is 12.2 Å². The fraction of sp³-hybridized carbons (Fsp3) is 0. The van der Waals surface area contributed by atoms with Crippen molar-refractivity contribution in [2.75, 3.05) is 5.73 Å². The van der Waals surface area contributed by atoms with Crippen molar-refractivity contribution in [1.29, 1.82) is 0 Å². The maximum atomic E-state index is 10.7. The van der Waals surface area contributed by atoms with Crippen molar-refractivity contribution in [2.24, 2.45) is 5.14 Å². The van der Waals surface area contributed by atoms with Gasteiger partial charge >= 0.3 is 11.6 Å². The average molecular weight is 329 g/mol. The van der Waals surface area contributed by atoms with Crippen LogP contribution >= 0.6 is 12.2 Å². The number of hydrogen-bond donors (Lipinski definition) is 2. The van der Waals surface area contributed by atoms with Gasteiger partial charge in [0, 0.05) is 11.6 Å². The molecule has 0 aromatic heterocycles. The Balaban J connectivity index is -0.000000274. The molecule has 7 nitrogen and oxygen atoms in total. The zero-order valence-corrected chi connectivity index (χ0v) is 12.0. The average Bonchev–Trinajstić information content (AvgIpc) is 2.34. The number of primary sulfonamides is 1. The third-order valence-corrected chi connectivity index (χ3v) is 2.14. The van der Waals surface area contributed by atoms with Gasteiger partial charge in [-0.2, -0.15) is 12.6 Å².